The molecular formula is C36H42F2N8O3. The number of amides is 2. The molecule has 3 unspecified atom stereocenters. The Balaban J connectivity index is 1.11. The van der Waals surface area contributed by atoms with E-state index in [9.17, 15) is 9.18 Å². The van der Waals surface area contributed by atoms with Crippen LogP contribution in [0.5, 0.6) is 5.75 Å². The number of ether oxygens (including phenoxy) is 2. The lowest BCUT2D eigenvalue weighted by Crippen LogP contribution is -2.54. The molecule has 13 heteroatoms. The van der Waals surface area contributed by atoms with Crippen molar-refractivity contribution in [3.63, 3.8) is 0 Å². The summed E-state index contributed by atoms with van der Waals surface area (Å²) in [6.45, 7) is 8.15. The van der Waals surface area contributed by atoms with Crippen molar-refractivity contribution in [2.75, 3.05) is 44.4 Å². The van der Waals surface area contributed by atoms with Crippen LogP contribution in [0.3, 0.4) is 0 Å². The molecule has 3 aromatic carbocycles. The largest absolute Gasteiger partial charge is 0.493 e. The first-order chi connectivity index (χ1) is 23.9. The Morgan fingerprint density at radius 2 is 1.82 bits per heavy atom. The average Bonchev–Trinajstić information content (AvgIpc) is 3.86. The minimum absolute atomic E-state index is 0.0144. The van der Waals surface area contributed by atoms with Crippen LogP contribution in [-0.2, 0) is 16.9 Å². The predicted octanol–water partition coefficient (Wildman–Crippen LogP) is 5.34. The molecular weight excluding hydrogens is 630 g/mol. The molecule has 49 heavy (non-hydrogen) atoms. The molecule has 3 fully saturated rings. The Morgan fingerprint density at radius 3 is 2.51 bits per heavy atom. The van der Waals surface area contributed by atoms with Crippen molar-refractivity contribution in [1.29, 1.82) is 0 Å². The Hall–Kier alpha value is -4.59. The van der Waals surface area contributed by atoms with Gasteiger partial charge in [-0.15, -0.1) is 0 Å². The van der Waals surface area contributed by atoms with Crippen LogP contribution in [0.15, 0.2) is 85.5 Å². The van der Waals surface area contributed by atoms with E-state index in [0.717, 1.165) is 49.9 Å². The Morgan fingerprint density at radius 1 is 1.04 bits per heavy atom. The van der Waals surface area contributed by atoms with Crippen LogP contribution in [0.4, 0.5) is 19.3 Å². The van der Waals surface area contributed by atoms with Crippen LogP contribution in [-0.4, -0.2) is 81.3 Å². The van der Waals surface area contributed by atoms with Gasteiger partial charge in [0.2, 0.25) is 0 Å². The lowest BCUT2D eigenvalue weighted by atomic mass is 9.87. The summed E-state index contributed by atoms with van der Waals surface area (Å²) < 4.78 is 43.1. The number of piperazine rings is 1. The summed E-state index contributed by atoms with van der Waals surface area (Å²) >= 11 is 0. The van der Waals surface area contributed by atoms with Crippen LogP contribution < -0.4 is 15.1 Å². The molecule has 7 rings (SSSR count). The summed E-state index contributed by atoms with van der Waals surface area (Å²) in [7, 11) is 0. The second-order valence-corrected chi connectivity index (χ2v) is 13.0. The van der Waals surface area contributed by atoms with E-state index in [4.69, 9.17) is 9.47 Å². The van der Waals surface area contributed by atoms with E-state index >= 15 is 4.39 Å². The number of rotatable bonds is 11. The topological polar surface area (TPSA) is 91.2 Å². The van der Waals surface area contributed by atoms with Gasteiger partial charge in [0.25, 0.3) is 0 Å². The van der Waals surface area contributed by atoms with E-state index in [1.165, 1.54) is 18.5 Å². The molecule has 2 amide bonds. The number of nitrogens with zero attached hydrogens (tertiary/aromatic N) is 7. The van der Waals surface area contributed by atoms with E-state index in [0.29, 0.717) is 25.4 Å². The summed E-state index contributed by atoms with van der Waals surface area (Å²) in [6.07, 6.45) is 3.85. The molecule has 0 radical (unpaired) electrons. The molecule has 3 aliphatic rings. The second-order valence-electron chi connectivity index (χ2n) is 13.0. The van der Waals surface area contributed by atoms with Crippen LogP contribution in [0.1, 0.15) is 44.0 Å². The Bertz CT molecular complexity index is 1710. The number of nitrogens with one attached hydrogen (secondary N) is 1. The monoisotopic (exact) mass is 672 g/mol. The third-order valence-corrected chi connectivity index (χ3v) is 9.70. The maximum absolute atomic E-state index is 15.1. The van der Waals surface area contributed by atoms with Crippen molar-refractivity contribution in [2.45, 2.75) is 51.0 Å². The molecule has 0 bridgehead atoms. The molecule has 4 atom stereocenters. The molecule has 1 N–H and O–H groups in total. The lowest BCUT2D eigenvalue weighted by molar-refractivity contribution is -0.0206. The third kappa shape index (κ3) is 6.57. The summed E-state index contributed by atoms with van der Waals surface area (Å²) in [5.41, 5.74) is 1.13. The number of anilines is 1. The number of benzene rings is 3. The van der Waals surface area contributed by atoms with E-state index < -0.39 is 17.2 Å². The molecule has 4 aromatic rings. The Kier molecular flexibility index (Phi) is 9.48. The Labute approximate surface area is 285 Å². The van der Waals surface area contributed by atoms with Gasteiger partial charge in [0.1, 0.15) is 35.6 Å². The summed E-state index contributed by atoms with van der Waals surface area (Å²) in [5.74, 6) is -0.681. The van der Waals surface area contributed by atoms with Crippen molar-refractivity contribution >= 4 is 11.7 Å². The molecule has 0 spiro atoms. The summed E-state index contributed by atoms with van der Waals surface area (Å²) in [5, 5.41) is 15.7. The smallest absolute Gasteiger partial charge is 0.355 e. The van der Waals surface area contributed by atoms with E-state index in [1.54, 1.807) is 11.0 Å². The normalized spacial score (nSPS) is 23.8. The highest BCUT2D eigenvalue weighted by molar-refractivity contribution is 5.81. The molecule has 11 nitrogen and oxygen atoms in total. The molecule has 0 aliphatic carbocycles. The fourth-order valence-electron chi connectivity index (χ4n) is 7.11. The number of hydrogen-bond donors (Lipinski definition) is 1. The number of carbonyl (C=O) groups is 1. The standard InChI is InChI=1S/C36H42F2N8O3/c1-3-26(2)44-35(47)46(43-17-15-39-16-18-43)34(45(44)30-7-5-4-6-8-30)28-9-12-31(13-10-28)48-21-27-20-36(49-22-27,23-42-25-40-24-41-42)32-14-11-29(37)19-33(32)38/h4-14,19,24-27,34,39H,3,15-18,20-23H2,1-2H3/t26-,27?,34?,36?/m0/s1. The lowest BCUT2D eigenvalue weighted by Gasteiger charge is -2.39. The van der Waals surface area contributed by atoms with Crippen LogP contribution in [0, 0.1) is 17.6 Å². The number of para-hydroxylation sites is 1. The molecule has 3 saturated heterocycles. The third-order valence-electron chi connectivity index (χ3n) is 9.70. The van der Waals surface area contributed by atoms with E-state index in [1.807, 2.05) is 64.6 Å². The van der Waals surface area contributed by atoms with Gasteiger partial charge < -0.3 is 14.8 Å². The van der Waals surface area contributed by atoms with Crippen molar-refractivity contribution in [3.8, 4) is 5.75 Å². The first kappa shape index (κ1) is 32.9. The summed E-state index contributed by atoms with van der Waals surface area (Å²) in [6, 6.07) is 21.5. The number of aromatic nitrogens is 3. The van der Waals surface area contributed by atoms with Gasteiger partial charge in [0.15, 0.2) is 6.17 Å². The van der Waals surface area contributed by atoms with Crippen LogP contribution in [0.2, 0.25) is 0 Å². The number of urea groups is 1. The highest BCUT2D eigenvalue weighted by Gasteiger charge is 2.50. The first-order valence-electron chi connectivity index (χ1n) is 16.9. The van der Waals surface area contributed by atoms with Gasteiger partial charge in [-0.05, 0) is 55.7 Å². The van der Waals surface area contributed by atoms with Crippen molar-refractivity contribution in [1.82, 2.24) is 35.1 Å². The molecule has 258 valence electrons. The van der Waals surface area contributed by atoms with E-state index in [-0.39, 0.29) is 36.3 Å². The van der Waals surface area contributed by atoms with Crippen LogP contribution >= 0.6 is 0 Å². The zero-order chi connectivity index (χ0) is 34.0. The fraction of sp³-hybridized carbons (Fsp3) is 0.417. The van der Waals surface area contributed by atoms with Gasteiger partial charge in [-0.2, -0.15) is 5.10 Å². The summed E-state index contributed by atoms with van der Waals surface area (Å²) in [4.78, 5) is 18.3. The zero-order valence-electron chi connectivity index (χ0n) is 27.8. The van der Waals surface area contributed by atoms with Gasteiger partial charge in [0.05, 0.1) is 31.5 Å². The molecule has 0 saturated carbocycles. The van der Waals surface area contributed by atoms with Crippen molar-refractivity contribution < 1.29 is 23.0 Å². The molecule has 1 aromatic heterocycles. The van der Waals surface area contributed by atoms with E-state index in [2.05, 4.69) is 39.3 Å². The highest BCUT2D eigenvalue weighted by atomic mass is 19.1. The quantitative estimate of drug-likeness (QED) is 0.228. The van der Waals surface area contributed by atoms with Crippen LogP contribution in [0.25, 0.3) is 0 Å². The van der Waals surface area contributed by atoms with Crippen molar-refractivity contribution in [2.24, 2.45) is 5.92 Å². The number of carbonyl (C=O) groups excluding carboxylic acids is 1. The maximum atomic E-state index is 15.1. The van der Waals surface area contributed by atoms with Gasteiger partial charge in [-0.3, -0.25) is 5.01 Å². The van der Waals surface area contributed by atoms with Gasteiger partial charge in [-0.25, -0.2) is 38.3 Å². The first-order valence-corrected chi connectivity index (χ1v) is 16.9. The number of hydrogen-bond acceptors (Lipinski definition) is 8. The van der Waals surface area contributed by atoms with Gasteiger partial charge >= 0.3 is 6.03 Å². The highest BCUT2D eigenvalue weighted by Crippen LogP contribution is 2.43. The minimum atomic E-state index is -1.05. The molecule has 3 aliphatic heterocycles. The van der Waals surface area contributed by atoms with Gasteiger partial charge in [0, 0.05) is 43.7 Å². The average molecular weight is 673 g/mol. The molecule has 4 heterocycles. The maximum Gasteiger partial charge on any atom is 0.355 e. The fourth-order valence-corrected chi connectivity index (χ4v) is 7.11. The second kappa shape index (κ2) is 14.1. The van der Waals surface area contributed by atoms with Gasteiger partial charge in [-0.1, -0.05) is 43.3 Å². The minimum Gasteiger partial charge on any atom is -0.493 e. The number of hydrazine groups is 2. The predicted molar refractivity (Wildman–Crippen MR) is 179 cm³/mol. The number of halogens is 2. The SMILES string of the molecule is CC[C@H](C)N1C(=O)N(N2CCNCC2)C(c2ccc(OCC3COC(Cn4cncn4)(c4ccc(F)cc4F)C3)cc2)N1c1ccccc1. The van der Waals surface area contributed by atoms with Crippen molar-refractivity contribution in [3.05, 3.63) is 108 Å². The zero-order valence-corrected chi connectivity index (χ0v) is 27.8.